The van der Waals surface area contributed by atoms with E-state index in [-0.39, 0.29) is 0 Å². The predicted octanol–water partition coefficient (Wildman–Crippen LogP) is 2.02. The van der Waals surface area contributed by atoms with E-state index < -0.39 is 0 Å². The van der Waals surface area contributed by atoms with E-state index in [1.165, 1.54) is 0 Å². The molecule has 1 saturated heterocycles. The van der Waals surface area contributed by atoms with Crippen LogP contribution in [0.25, 0.3) is 5.52 Å². The van der Waals surface area contributed by atoms with Crippen molar-refractivity contribution in [2.75, 3.05) is 19.7 Å². The number of aliphatic hydroxyl groups excluding tert-OH is 1. The number of nitrogens with zero attached hydrogens (tertiary/aromatic N) is 3. The lowest BCUT2D eigenvalue weighted by Crippen LogP contribution is -2.34. The van der Waals surface area contributed by atoms with Crippen molar-refractivity contribution in [3.8, 4) is 6.07 Å². The molecule has 1 aliphatic heterocycles. The van der Waals surface area contributed by atoms with Crippen LogP contribution >= 0.6 is 0 Å². The molecule has 1 aliphatic rings. The maximum atomic E-state index is 9.40. The summed E-state index contributed by atoms with van der Waals surface area (Å²) >= 11 is 0. The molecule has 0 unspecified atom stereocenters. The SMILES string of the molecule is N#Cc1c(CN2CCC(CO)CC2)cn2ccccc12. The zero-order valence-electron chi connectivity index (χ0n) is 11.5. The number of hydrogen-bond donors (Lipinski definition) is 1. The maximum absolute atomic E-state index is 9.40. The van der Waals surface area contributed by atoms with Crippen LogP contribution < -0.4 is 0 Å². The fourth-order valence-electron chi connectivity index (χ4n) is 2.99. The van der Waals surface area contributed by atoms with E-state index in [4.69, 9.17) is 0 Å². The van der Waals surface area contributed by atoms with Crippen LogP contribution in [0.5, 0.6) is 0 Å². The smallest absolute Gasteiger partial charge is 0.102 e. The second-order valence-corrected chi connectivity index (χ2v) is 5.54. The van der Waals surface area contributed by atoms with Crippen molar-refractivity contribution in [2.24, 2.45) is 5.92 Å². The summed E-state index contributed by atoms with van der Waals surface area (Å²) in [5.74, 6) is 0.454. The summed E-state index contributed by atoms with van der Waals surface area (Å²) in [7, 11) is 0. The number of nitriles is 1. The summed E-state index contributed by atoms with van der Waals surface area (Å²) < 4.78 is 2.02. The summed E-state index contributed by atoms with van der Waals surface area (Å²) in [5, 5.41) is 18.6. The molecule has 4 heteroatoms. The standard InChI is InChI=1S/C16H19N3O/c17-9-15-14(11-19-6-2-1-3-16(15)19)10-18-7-4-13(12-20)5-8-18/h1-3,6,11,13,20H,4-5,7-8,10,12H2. The molecule has 0 aliphatic carbocycles. The Labute approximate surface area is 118 Å². The second-order valence-electron chi connectivity index (χ2n) is 5.54. The summed E-state index contributed by atoms with van der Waals surface area (Å²) in [6, 6.07) is 8.27. The molecule has 1 N–H and O–H groups in total. The number of rotatable bonds is 3. The van der Waals surface area contributed by atoms with Gasteiger partial charge in [0.2, 0.25) is 0 Å². The van der Waals surface area contributed by atoms with Gasteiger partial charge in [-0.15, -0.1) is 0 Å². The first-order valence-electron chi connectivity index (χ1n) is 7.13. The van der Waals surface area contributed by atoms with Crippen molar-refractivity contribution in [3.05, 3.63) is 41.7 Å². The molecule has 3 heterocycles. The van der Waals surface area contributed by atoms with Gasteiger partial charge in [-0.2, -0.15) is 5.26 Å². The van der Waals surface area contributed by atoms with E-state index in [2.05, 4.69) is 17.2 Å². The maximum Gasteiger partial charge on any atom is 0.102 e. The Hall–Kier alpha value is -1.83. The molecule has 0 radical (unpaired) electrons. The Morgan fingerprint density at radius 1 is 1.30 bits per heavy atom. The topological polar surface area (TPSA) is 51.7 Å². The summed E-state index contributed by atoms with van der Waals surface area (Å²) in [6.07, 6.45) is 6.14. The van der Waals surface area contributed by atoms with Gasteiger partial charge in [0.15, 0.2) is 0 Å². The lowest BCUT2D eigenvalue weighted by atomic mass is 9.97. The number of piperidine rings is 1. The van der Waals surface area contributed by atoms with Gasteiger partial charge in [0, 0.05) is 31.1 Å². The van der Waals surface area contributed by atoms with Crippen molar-refractivity contribution >= 4 is 5.52 Å². The van der Waals surface area contributed by atoms with E-state index in [1.807, 2.05) is 28.8 Å². The highest BCUT2D eigenvalue weighted by Crippen LogP contribution is 2.22. The summed E-state index contributed by atoms with van der Waals surface area (Å²) in [6.45, 7) is 3.13. The molecule has 0 spiro atoms. The van der Waals surface area contributed by atoms with E-state index in [1.54, 1.807) is 0 Å². The van der Waals surface area contributed by atoms with Crippen LogP contribution in [-0.2, 0) is 6.54 Å². The Kier molecular flexibility index (Phi) is 3.72. The average molecular weight is 269 g/mol. The fraction of sp³-hybridized carbons (Fsp3) is 0.438. The van der Waals surface area contributed by atoms with Crippen LogP contribution in [0.1, 0.15) is 24.0 Å². The molecule has 3 rings (SSSR count). The van der Waals surface area contributed by atoms with Gasteiger partial charge in [-0.05, 0) is 44.0 Å². The molecule has 0 atom stereocenters. The molecule has 2 aromatic heterocycles. The number of likely N-dealkylation sites (tertiary alicyclic amines) is 1. The molecule has 4 nitrogen and oxygen atoms in total. The Balaban J connectivity index is 1.80. The largest absolute Gasteiger partial charge is 0.396 e. The van der Waals surface area contributed by atoms with Crippen LogP contribution in [0, 0.1) is 17.2 Å². The second kappa shape index (κ2) is 5.66. The average Bonchev–Trinajstić information content (AvgIpc) is 2.85. The van der Waals surface area contributed by atoms with E-state index >= 15 is 0 Å². The monoisotopic (exact) mass is 269 g/mol. The van der Waals surface area contributed by atoms with Gasteiger partial charge in [-0.25, -0.2) is 0 Å². The molecule has 0 amide bonds. The minimum Gasteiger partial charge on any atom is -0.396 e. The molecule has 1 fully saturated rings. The molecule has 104 valence electrons. The Bertz CT molecular complexity index is 633. The van der Waals surface area contributed by atoms with E-state index in [9.17, 15) is 10.4 Å². The first-order chi connectivity index (χ1) is 9.81. The van der Waals surface area contributed by atoms with Gasteiger partial charge in [0.05, 0.1) is 11.1 Å². The molecular formula is C16H19N3O. The third kappa shape index (κ3) is 2.43. The first-order valence-corrected chi connectivity index (χ1v) is 7.13. The van der Waals surface area contributed by atoms with Gasteiger partial charge in [-0.3, -0.25) is 4.90 Å². The fourth-order valence-corrected chi connectivity index (χ4v) is 2.99. The van der Waals surface area contributed by atoms with Crippen LogP contribution in [0.3, 0.4) is 0 Å². The number of pyridine rings is 1. The zero-order valence-corrected chi connectivity index (χ0v) is 11.5. The third-order valence-electron chi connectivity index (χ3n) is 4.23. The molecule has 2 aromatic rings. The third-order valence-corrected chi connectivity index (χ3v) is 4.23. The van der Waals surface area contributed by atoms with E-state index in [0.29, 0.717) is 12.5 Å². The summed E-state index contributed by atoms with van der Waals surface area (Å²) in [5.41, 5.74) is 2.87. The van der Waals surface area contributed by atoms with E-state index in [0.717, 1.165) is 49.1 Å². The van der Waals surface area contributed by atoms with Crippen molar-refractivity contribution in [1.82, 2.24) is 9.30 Å². The van der Waals surface area contributed by atoms with Crippen LogP contribution in [-0.4, -0.2) is 34.1 Å². The van der Waals surface area contributed by atoms with Gasteiger partial charge in [0.1, 0.15) is 6.07 Å². The Morgan fingerprint density at radius 3 is 2.80 bits per heavy atom. The molecular weight excluding hydrogens is 250 g/mol. The van der Waals surface area contributed by atoms with Crippen molar-refractivity contribution in [2.45, 2.75) is 19.4 Å². The predicted molar refractivity (Wildman–Crippen MR) is 77.2 cm³/mol. The normalized spacial score (nSPS) is 17.4. The molecule has 0 saturated carbocycles. The zero-order chi connectivity index (χ0) is 13.9. The number of hydrogen-bond acceptors (Lipinski definition) is 3. The first kappa shape index (κ1) is 13.2. The highest BCUT2D eigenvalue weighted by Gasteiger charge is 2.20. The highest BCUT2D eigenvalue weighted by molar-refractivity contribution is 5.65. The van der Waals surface area contributed by atoms with Crippen molar-refractivity contribution in [3.63, 3.8) is 0 Å². The lowest BCUT2D eigenvalue weighted by molar-refractivity contribution is 0.127. The highest BCUT2D eigenvalue weighted by atomic mass is 16.3. The molecule has 0 aromatic carbocycles. The van der Waals surface area contributed by atoms with Crippen LogP contribution in [0.2, 0.25) is 0 Å². The minimum atomic E-state index is 0.299. The number of aromatic nitrogens is 1. The van der Waals surface area contributed by atoms with Crippen molar-refractivity contribution in [1.29, 1.82) is 5.26 Å². The minimum absolute atomic E-state index is 0.299. The van der Waals surface area contributed by atoms with Gasteiger partial charge in [-0.1, -0.05) is 6.07 Å². The lowest BCUT2D eigenvalue weighted by Gasteiger charge is -2.30. The quantitative estimate of drug-likeness (QED) is 0.927. The van der Waals surface area contributed by atoms with Crippen LogP contribution in [0.15, 0.2) is 30.6 Å². The van der Waals surface area contributed by atoms with Gasteiger partial charge < -0.3 is 9.51 Å². The number of fused-ring (bicyclic) bond motifs is 1. The molecule has 20 heavy (non-hydrogen) atoms. The summed E-state index contributed by atoms with van der Waals surface area (Å²) in [4.78, 5) is 2.38. The van der Waals surface area contributed by atoms with Crippen molar-refractivity contribution < 1.29 is 5.11 Å². The molecule has 0 bridgehead atoms. The van der Waals surface area contributed by atoms with Crippen LogP contribution in [0.4, 0.5) is 0 Å². The number of aliphatic hydroxyl groups is 1. The van der Waals surface area contributed by atoms with Gasteiger partial charge in [0.25, 0.3) is 0 Å². The Morgan fingerprint density at radius 2 is 2.10 bits per heavy atom. The van der Waals surface area contributed by atoms with Gasteiger partial charge >= 0.3 is 0 Å².